The van der Waals surface area contributed by atoms with E-state index in [2.05, 4.69) is 10.3 Å². The molecule has 1 heterocycles. The zero-order valence-corrected chi connectivity index (χ0v) is 12.2. The minimum Gasteiger partial charge on any atom is -0.445 e. The van der Waals surface area contributed by atoms with Gasteiger partial charge in [0.15, 0.2) is 11.5 Å². The summed E-state index contributed by atoms with van der Waals surface area (Å²) < 4.78 is 10.6. The van der Waals surface area contributed by atoms with Crippen LogP contribution in [0.15, 0.2) is 52.9 Å². The fourth-order valence-corrected chi connectivity index (χ4v) is 2.15. The van der Waals surface area contributed by atoms with Crippen LogP contribution in [0.5, 0.6) is 0 Å². The second kappa shape index (κ2) is 6.30. The summed E-state index contributed by atoms with van der Waals surface area (Å²) in [5, 5.41) is 2.72. The molecule has 1 N–H and O–H groups in total. The number of nitrogens with zero attached hydrogens (tertiary/aromatic N) is 1. The maximum absolute atomic E-state index is 11.7. The van der Waals surface area contributed by atoms with Gasteiger partial charge in [0.25, 0.3) is 0 Å². The molecule has 0 saturated heterocycles. The molecule has 3 aromatic rings. The molecule has 0 radical (unpaired) electrons. The lowest BCUT2D eigenvalue weighted by molar-refractivity contribution is 0.139. The molecule has 0 saturated carbocycles. The summed E-state index contributed by atoms with van der Waals surface area (Å²) in [6.45, 7) is 2.45. The summed E-state index contributed by atoms with van der Waals surface area (Å²) in [4.78, 5) is 16.0. The lowest BCUT2D eigenvalue weighted by Gasteiger charge is -2.07. The van der Waals surface area contributed by atoms with Crippen LogP contribution in [-0.4, -0.2) is 11.1 Å². The summed E-state index contributed by atoms with van der Waals surface area (Å²) in [6, 6.07) is 15.2. The van der Waals surface area contributed by atoms with Crippen LogP contribution in [0.2, 0.25) is 0 Å². The number of amides is 1. The van der Waals surface area contributed by atoms with Crippen molar-refractivity contribution in [3.8, 4) is 0 Å². The molecule has 0 atom stereocenters. The number of nitrogens with one attached hydrogen (secondary N) is 1. The summed E-state index contributed by atoms with van der Waals surface area (Å²) >= 11 is 0. The van der Waals surface area contributed by atoms with Crippen LogP contribution in [0, 0.1) is 6.92 Å². The zero-order chi connectivity index (χ0) is 15.4. The zero-order valence-electron chi connectivity index (χ0n) is 12.2. The van der Waals surface area contributed by atoms with Gasteiger partial charge in [0.1, 0.15) is 12.1 Å². The maximum Gasteiger partial charge on any atom is 0.407 e. The number of oxazole rings is 1. The lowest BCUT2D eigenvalue weighted by atomic mass is 10.2. The molecule has 0 aliphatic carbocycles. The molecule has 5 nitrogen and oxygen atoms in total. The highest BCUT2D eigenvalue weighted by Crippen LogP contribution is 2.16. The highest BCUT2D eigenvalue weighted by molar-refractivity contribution is 5.73. The predicted molar refractivity (Wildman–Crippen MR) is 82.2 cm³/mol. The predicted octanol–water partition coefficient (Wildman–Crippen LogP) is 3.56. The maximum atomic E-state index is 11.7. The van der Waals surface area contributed by atoms with Gasteiger partial charge in [0, 0.05) is 13.5 Å². The molecule has 1 aromatic heterocycles. The highest BCUT2D eigenvalue weighted by atomic mass is 16.5. The van der Waals surface area contributed by atoms with Gasteiger partial charge >= 0.3 is 6.09 Å². The van der Waals surface area contributed by atoms with Crippen LogP contribution in [0.4, 0.5) is 4.79 Å². The van der Waals surface area contributed by atoms with E-state index in [9.17, 15) is 4.79 Å². The quantitative estimate of drug-likeness (QED) is 0.799. The number of alkyl carbamates (subject to hydrolysis) is 1. The third-order valence-electron chi connectivity index (χ3n) is 3.21. The van der Waals surface area contributed by atoms with E-state index in [1.165, 1.54) is 0 Å². The third kappa shape index (κ3) is 3.44. The van der Waals surface area contributed by atoms with Crippen LogP contribution in [0.1, 0.15) is 17.0 Å². The Balaban J connectivity index is 1.53. The smallest absolute Gasteiger partial charge is 0.407 e. The largest absolute Gasteiger partial charge is 0.445 e. The first-order valence-corrected chi connectivity index (χ1v) is 7.01. The van der Waals surface area contributed by atoms with Crippen molar-refractivity contribution in [2.75, 3.05) is 0 Å². The fraction of sp³-hybridized carbons (Fsp3) is 0.176. The molecule has 5 heteroatoms. The third-order valence-corrected chi connectivity index (χ3v) is 3.21. The Morgan fingerprint density at radius 2 is 2.00 bits per heavy atom. The minimum absolute atomic E-state index is 0.258. The van der Waals surface area contributed by atoms with Crippen molar-refractivity contribution >= 4 is 17.2 Å². The van der Waals surface area contributed by atoms with Crippen molar-refractivity contribution in [3.05, 3.63) is 65.5 Å². The monoisotopic (exact) mass is 296 g/mol. The minimum atomic E-state index is -0.444. The van der Waals surface area contributed by atoms with Gasteiger partial charge in [-0.15, -0.1) is 0 Å². The number of hydrogen-bond acceptors (Lipinski definition) is 4. The topological polar surface area (TPSA) is 64.4 Å². The molecular formula is C17H16N2O3. The van der Waals surface area contributed by atoms with E-state index in [0.29, 0.717) is 12.4 Å². The Kier molecular flexibility index (Phi) is 4.05. The summed E-state index contributed by atoms with van der Waals surface area (Å²) in [5.41, 5.74) is 3.43. The Bertz CT molecular complexity index is 781. The summed E-state index contributed by atoms with van der Waals surface area (Å²) in [7, 11) is 0. The van der Waals surface area contributed by atoms with E-state index < -0.39 is 6.09 Å². The van der Waals surface area contributed by atoms with Gasteiger partial charge in [-0.1, -0.05) is 36.4 Å². The van der Waals surface area contributed by atoms with Crippen molar-refractivity contribution in [3.63, 3.8) is 0 Å². The molecule has 1 amide bonds. The summed E-state index contributed by atoms with van der Waals surface area (Å²) in [5.74, 6) is 0.627. The number of aryl methyl sites for hydroxylation is 1. The lowest BCUT2D eigenvalue weighted by Crippen LogP contribution is -2.23. The van der Waals surface area contributed by atoms with Crippen molar-refractivity contribution in [2.24, 2.45) is 0 Å². The van der Waals surface area contributed by atoms with E-state index in [-0.39, 0.29) is 6.61 Å². The highest BCUT2D eigenvalue weighted by Gasteiger charge is 2.06. The fourth-order valence-electron chi connectivity index (χ4n) is 2.15. The molecule has 2 aromatic carbocycles. The summed E-state index contributed by atoms with van der Waals surface area (Å²) in [6.07, 6.45) is -0.444. The molecule has 0 aliphatic heterocycles. The van der Waals surface area contributed by atoms with Gasteiger partial charge in [-0.2, -0.15) is 0 Å². The standard InChI is InChI=1S/C17H16N2O3/c1-12-19-15-9-14(7-8-16(15)22-12)10-18-17(20)21-11-13-5-3-2-4-6-13/h2-9H,10-11H2,1H3,(H,18,20). The van der Waals surface area contributed by atoms with E-state index in [0.717, 1.165) is 22.2 Å². The second-order valence-electron chi connectivity index (χ2n) is 4.95. The van der Waals surface area contributed by atoms with Crippen LogP contribution < -0.4 is 5.32 Å². The molecule has 0 aliphatic rings. The number of aromatic nitrogens is 1. The van der Waals surface area contributed by atoms with Gasteiger partial charge in [-0.05, 0) is 23.3 Å². The van der Waals surface area contributed by atoms with Gasteiger partial charge in [0.2, 0.25) is 0 Å². The van der Waals surface area contributed by atoms with Crippen molar-refractivity contribution in [2.45, 2.75) is 20.1 Å². The van der Waals surface area contributed by atoms with E-state index in [1.807, 2.05) is 48.5 Å². The van der Waals surface area contributed by atoms with Crippen LogP contribution in [0.25, 0.3) is 11.1 Å². The molecule has 22 heavy (non-hydrogen) atoms. The molecule has 112 valence electrons. The molecule has 0 unspecified atom stereocenters. The van der Waals surface area contributed by atoms with Gasteiger partial charge < -0.3 is 14.5 Å². The number of carbonyl (C=O) groups is 1. The van der Waals surface area contributed by atoms with Crippen LogP contribution >= 0.6 is 0 Å². The number of benzene rings is 2. The number of ether oxygens (including phenoxy) is 1. The van der Waals surface area contributed by atoms with Gasteiger partial charge in [0.05, 0.1) is 0 Å². The number of fused-ring (bicyclic) bond motifs is 1. The number of hydrogen-bond donors (Lipinski definition) is 1. The molecule has 3 rings (SSSR count). The average molecular weight is 296 g/mol. The van der Waals surface area contributed by atoms with Crippen molar-refractivity contribution in [1.29, 1.82) is 0 Å². The average Bonchev–Trinajstić information content (AvgIpc) is 2.91. The molecule has 0 spiro atoms. The van der Waals surface area contributed by atoms with E-state index in [4.69, 9.17) is 9.15 Å². The SMILES string of the molecule is Cc1nc2cc(CNC(=O)OCc3ccccc3)ccc2o1. The van der Waals surface area contributed by atoms with Crippen LogP contribution in [0.3, 0.4) is 0 Å². The first-order valence-electron chi connectivity index (χ1n) is 7.01. The first-order chi connectivity index (χ1) is 10.7. The van der Waals surface area contributed by atoms with Gasteiger partial charge in [-0.3, -0.25) is 0 Å². The van der Waals surface area contributed by atoms with Gasteiger partial charge in [-0.25, -0.2) is 9.78 Å². The Morgan fingerprint density at radius 3 is 2.82 bits per heavy atom. The van der Waals surface area contributed by atoms with E-state index in [1.54, 1.807) is 6.92 Å². The Labute approximate surface area is 127 Å². The molecule has 0 bridgehead atoms. The Morgan fingerprint density at radius 1 is 1.18 bits per heavy atom. The van der Waals surface area contributed by atoms with Crippen LogP contribution in [-0.2, 0) is 17.9 Å². The van der Waals surface area contributed by atoms with E-state index >= 15 is 0 Å². The molecular weight excluding hydrogens is 280 g/mol. The van der Waals surface area contributed by atoms with Crippen molar-refractivity contribution in [1.82, 2.24) is 10.3 Å². The number of carbonyl (C=O) groups excluding carboxylic acids is 1. The molecule has 0 fully saturated rings. The second-order valence-corrected chi connectivity index (χ2v) is 4.95. The normalized spacial score (nSPS) is 10.6. The number of rotatable bonds is 4. The van der Waals surface area contributed by atoms with Crippen molar-refractivity contribution < 1.29 is 13.9 Å². The Hall–Kier alpha value is -2.82. The first kappa shape index (κ1) is 14.1.